The maximum Gasteiger partial charge on any atom is 0.320 e. The van der Waals surface area contributed by atoms with E-state index in [0.29, 0.717) is 47.4 Å². The van der Waals surface area contributed by atoms with Gasteiger partial charge in [0.05, 0.1) is 19.2 Å². The molecule has 3 aromatic rings. The van der Waals surface area contributed by atoms with E-state index in [1.807, 2.05) is 47.4 Å². The summed E-state index contributed by atoms with van der Waals surface area (Å²) in [7, 11) is 1.65. The van der Waals surface area contributed by atoms with Crippen molar-refractivity contribution in [2.45, 2.75) is 19.5 Å². The van der Waals surface area contributed by atoms with Crippen molar-refractivity contribution in [2.24, 2.45) is 5.92 Å². The fraction of sp³-hybridized carbons (Fsp3) is 0.344. The number of carboxylic acid groups (broad SMARTS) is 1. The summed E-state index contributed by atoms with van der Waals surface area (Å²) in [6, 6.07) is 20.0. The molecule has 2 aliphatic rings. The molecule has 226 valence electrons. The number of ether oxygens (including phenoxy) is 1. The number of para-hydroxylation sites is 2. The van der Waals surface area contributed by atoms with Crippen molar-refractivity contribution in [1.29, 1.82) is 0 Å². The first kappa shape index (κ1) is 30.5. The highest BCUT2D eigenvalue weighted by molar-refractivity contribution is 6.35. The van der Waals surface area contributed by atoms with Crippen LogP contribution in [-0.4, -0.2) is 84.1 Å². The van der Waals surface area contributed by atoms with Gasteiger partial charge in [0, 0.05) is 73.9 Å². The lowest BCUT2D eigenvalue weighted by atomic mass is 9.99. The van der Waals surface area contributed by atoms with Crippen molar-refractivity contribution in [3.05, 3.63) is 93.5 Å². The zero-order valence-corrected chi connectivity index (χ0v) is 25.4. The molecular formula is C32H34Cl2N4O5. The molecule has 5 rings (SSSR count). The van der Waals surface area contributed by atoms with E-state index in [2.05, 4.69) is 4.90 Å². The zero-order chi connectivity index (χ0) is 30.5. The van der Waals surface area contributed by atoms with Gasteiger partial charge in [-0.2, -0.15) is 0 Å². The maximum absolute atomic E-state index is 13.8. The minimum Gasteiger partial charge on any atom is -0.495 e. The zero-order valence-electron chi connectivity index (χ0n) is 23.9. The number of piperazine rings is 1. The van der Waals surface area contributed by atoms with Crippen molar-refractivity contribution in [1.82, 2.24) is 14.7 Å². The molecule has 0 bridgehead atoms. The van der Waals surface area contributed by atoms with Crippen LogP contribution in [0, 0.1) is 5.92 Å². The van der Waals surface area contributed by atoms with Gasteiger partial charge in [-0.05, 0) is 41.5 Å². The van der Waals surface area contributed by atoms with Crippen LogP contribution in [0.4, 0.5) is 10.5 Å². The van der Waals surface area contributed by atoms with Crippen LogP contribution in [-0.2, 0) is 17.9 Å². The topological polar surface area (TPSA) is 93.6 Å². The summed E-state index contributed by atoms with van der Waals surface area (Å²) in [5.41, 5.74) is 2.97. The molecule has 2 fully saturated rings. The van der Waals surface area contributed by atoms with Crippen LogP contribution in [0.1, 0.15) is 27.9 Å². The molecular weight excluding hydrogens is 591 g/mol. The number of hydrogen-bond donors (Lipinski definition) is 1. The summed E-state index contributed by atoms with van der Waals surface area (Å²) in [6.07, 6.45) is -0.0777. The largest absolute Gasteiger partial charge is 0.495 e. The molecule has 0 radical (unpaired) electrons. The van der Waals surface area contributed by atoms with Gasteiger partial charge in [-0.15, -0.1) is 0 Å². The predicted molar refractivity (Wildman–Crippen MR) is 166 cm³/mol. The van der Waals surface area contributed by atoms with Crippen LogP contribution in [0.15, 0.2) is 66.7 Å². The SMILES string of the molecule is COc1ccccc1N1CCN(C(=O)c2ccccc2CN2CC(CC(=O)O)CN(Cc3ccc(Cl)cc3Cl)C2=O)CC1. The Morgan fingerprint density at radius 2 is 1.53 bits per heavy atom. The minimum atomic E-state index is -0.924. The first-order valence-corrected chi connectivity index (χ1v) is 14.9. The van der Waals surface area contributed by atoms with Gasteiger partial charge < -0.3 is 29.4 Å². The number of hydrogen-bond acceptors (Lipinski definition) is 5. The molecule has 3 amide bonds. The summed E-state index contributed by atoms with van der Waals surface area (Å²) >= 11 is 12.4. The standard InChI is InChI=1S/C32H34Cl2N4O5/c1-43-29-9-5-4-8-28(29)35-12-14-36(15-13-35)31(41)26-7-3-2-6-23(26)20-37-18-22(16-30(39)40)19-38(32(37)42)21-24-10-11-25(33)17-27(24)34/h2-11,17,22H,12-16,18-21H2,1H3,(H,39,40). The van der Waals surface area contributed by atoms with Gasteiger partial charge in [-0.1, -0.05) is 59.6 Å². The van der Waals surface area contributed by atoms with E-state index >= 15 is 0 Å². The second-order valence-electron chi connectivity index (χ2n) is 10.9. The number of carbonyl (C=O) groups is 3. The molecule has 2 saturated heterocycles. The molecule has 0 saturated carbocycles. The Hall–Kier alpha value is -3.95. The third-order valence-corrected chi connectivity index (χ3v) is 8.53. The number of halogens is 2. The Labute approximate surface area is 261 Å². The number of anilines is 1. The quantitative estimate of drug-likeness (QED) is 0.338. The lowest BCUT2D eigenvalue weighted by Crippen LogP contribution is -2.53. The Bertz CT molecular complexity index is 1490. The molecule has 43 heavy (non-hydrogen) atoms. The molecule has 1 unspecified atom stereocenters. The van der Waals surface area contributed by atoms with Gasteiger partial charge in [-0.25, -0.2) is 4.79 Å². The van der Waals surface area contributed by atoms with E-state index in [9.17, 15) is 19.5 Å². The molecule has 1 N–H and O–H groups in total. The Kier molecular flexibility index (Phi) is 9.62. The molecule has 2 aliphatic heterocycles. The lowest BCUT2D eigenvalue weighted by molar-refractivity contribution is -0.138. The van der Waals surface area contributed by atoms with Gasteiger partial charge >= 0.3 is 12.0 Å². The average molecular weight is 626 g/mol. The van der Waals surface area contributed by atoms with Gasteiger partial charge in [0.25, 0.3) is 5.91 Å². The number of amides is 3. The van der Waals surface area contributed by atoms with Gasteiger partial charge in [0.15, 0.2) is 0 Å². The van der Waals surface area contributed by atoms with Crippen LogP contribution in [0.2, 0.25) is 10.0 Å². The first-order chi connectivity index (χ1) is 20.7. The number of urea groups is 1. The van der Waals surface area contributed by atoms with Crippen LogP contribution in [0.5, 0.6) is 5.75 Å². The van der Waals surface area contributed by atoms with Crippen LogP contribution in [0.25, 0.3) is 0 Å². The molecule has 11 heteroatoms. The van der Waals surface area contributed by atoms with Crippen molar-refractivity contribution < 1.29 is 24.2 Å². The fourth-order valence-corrected chi connectivity index (χ4v) is 6.29. The van der Waals surface area contributed by atoms with Gasteiger partial charge in [0.2, 0.25) is 0 Å². The summed E-state index contributed by atoms with van der Waals surface area (Å²) in [5.74, 6) is -0.502. The van der Waals surface area contributed by atoms with Crippen molar-refractivity contribution in [2.75, 3.05) is 51.3 Å². The Morgan fingerprint density at radius 3 is 2.21 bits per heavy atom. The number of aliphatic carboxylic acids is 1. The van der Waals surface area contributed by atoms with Crippen molar-refractivity contribution in [3.8, 4) is 5.75 Å². The number of carboxylic acids is 1. The number of methoxy groups -OCH3 is 1. The Morgan fingerprint density at radius 1 is 0.884 bits per heavy atom. The summed E-state index contributed by atoms with van der Waals surface area (Å²) in [6.45, 7) is 3.39. The second-order valence-corrected chi connectivity index (χ2v) is 11.7. The summed E-state index contributed by atoms with van der Waals surface area (Å²) in [4.78, 5) is 46.4. The fourth-order valence-electron chi connectivity index (χ4n) is 5.82. The number of benzene rings is 3. The molecule has 0 aromatic heterocycles. The number of rotatable bonds is 9. The maximum atomic E-state index is 13.8. The molecule has 1 atom stereocenters. The Balaban J connectivity index is 1.31. The van der Waals surface area contributed by atoms with Gasteiger partial charge in [0.1, 0.15) is 5.75 Å². The van der Waals surface area contributed by atoms with Crippen LogP contribution < -0.4 is 9.64 Å². The third-order valence-electron chi connectivity index (χ3n) is 7.94. The molecule has 0 spiro atoms. The average Bonchev–Trinajstić information content (AvgIpc) is 3.00. The normalized spacial score (nSPS) is 17.3. The number of nitrogens with zero attached hydrogens (tertiary/aromatic N) is 4. The highest BCUT2D eigenvalue weighted by Gasteiger charge is 2.34. The van der Waals surface area contributed by atoms with E-state index in [1.54, 1.807) is 41.2 Å². The molecule has 2 heterocycles. The second kappa shape index (κ2) is 13.6. The minimum absolute atomic E-state index is 0.0777. The number of carbonyl (C=O) groups excluding carboxylic acids is 2. The van der Waals surface area contributed by atoms with Crippen molar-refractivity contribution in [3.63, 3.8) is 0 Å². The molecule has 3 aromatic carbocycles. The highest BCUT2D eigenvalue weighted by atomic mass is 35.5. The smallest absolute Gasteiger partial charge is 0.320 e. The summed E-state index contributed by atoms with van der Waals surface area (Å²) in [5, 5.41) is 10.5. The monoisotopic (exact) mass is 624 g/mol. The molecule has 9 nitrogen and oxygen atoms in total. The van der Waals surface area contributed by atoms with E-state index in [0.717, 1.165) is 17.0 Å². The van der Waals surface area contributed by atoms with E-state index in [4.69, 9.17) is 27.9 Å². The van der Waals surface area contributed by atoms with Crippen LogP contribution in [0.3, 0.4) is 0 Å². The van der Waals surface area contributed by atoms with Crippen LogP contribution >= 0.6 is 23.2 Å². The van der Waals surface area contributed by atoms with E-state index in [-0.39, 0.29) is 50.5 Å². The molecule has 0 aliphatic carbocycles. The van der Waals surface area contributed by atoms with E-state index in [1.165, 1.54) is 0 Å². The third kappa shape index (κ3) is 7.17. The summed E-state index contributed by atoms with van der Waals surface area (Å²) < 4.78 is 5.52. The van der Waals surface area contributed by atoms with Gasteiger partial charge in [-0.3, -0.25) is 9.59 Å². The first-order valence-electron chi connectivity index (χ1n) is 14.2. The predicted octanol–water partition coefficient (Wildman–Crippen LogP) is 5.49. The van der Waals surface area contributed by atoms with E-state index < -0.39 is 5.97 Å². The lowest BCUT2D eigenvalue weighted by Gasteiger charge is -2.40. The highest BCUT2D eigenvalue weighted by Crippen LogP contribution is 2.30. The van der Waals surface area contributed by atoms with Crippen molar-refractivity contribution >= 4 is 46.8 Å².